The van der Waals surface area contributed by atoms with Crippen molar-refractivity contribution in [3.63, 3.8) is 0 Å². The van der Waals surface area contributed by atoms with Gasteiger partial charge in [0.05, 0.1) is 6.10 Å². The van der Waals surface area contributed by atoms with Crippen LogP contribution in [0.2, 0.25) is 0 Å². The highest BCUT2D eigenvalue weighted by atomic mass is 16.3. The van der Waals surface area contributed by atoms with E-state index in [2.05, 4.69) is 25.9 Å². The van der Waals surface area contributed by atoms with E-state index in [1.807, 2.05) is 0 Å². The van der Waals surface area contributed by atoms with Gasteiger partial charge in [0.1, 0.15) is 0 Å². The molecule has 2 heteroatoms. The van der Waals surface area contributed by atoms with E-state index in [0.29, 0.717) is 5.92 Å². The molecule has 0 radical (unpaired) electrons. The standard InChI is InChI=1S/C17H33NO/c1-4-14-9-8-10-15(13-14)16(19)17(18(2)3)11-6-5-7-12-17/h14-16,19H,4-13H2,1-3H3. The normalized spacial score (nSPS) is 33.3. The van der Waals surface area contributed by atoms with E-state index in [4.69, 9.17) is 0 Å². The number of aliphatic hydroxyl groups is 1. The summed E-state index contributed by atoms with van der Waals surface area (Å²) in [5.41, 5.74) is 0.0680. The van der Waals surface area contributed by atoms with Crippen molar-refractivity contribution >= 4 is 0 Å². The van der Waals surface area contributed by atoms with Crippen LogP contribution < -0.4 is 0 Å². The molecule has 2 aliphatic rings. The van der Waals surface area contributed by atoms with E-state index in [0.717, 1.165) is 5.92 Å². The highest BCUT2D eigenvalue weighted by Crippen LogP contribution is 2.42. The molecule has 0 aromatic carbocycles. The summed E-state index contributed by atoms with van der Waals surface area (Å²) in [4.78, 5) is 2.34. The van der Waals surface area contributed by atoms with Crippen molar-refractivity contribution < 1.29 is 5.11 Å². The van der Waals surface area contributed by atoms with E-state index in [1.54, 1.807) is 0 Å². The monoisotopic (exact) mass is 267 g/mol. The molecule has 112 valence electrons. The van der Waals surface area contributed by atoms with Gasteiger partial charge in [-0.25, -0.2) is 0 Å². The molecule has 0 bridgehead atoms. The molecular weight excluding hydrogens is 234 g/mol. The number of hydrogen-bond acceptors (Lipinski definition) is 2. The topological polar surface area (TPSA) is 23.5 Å². The van der Waals surface area contributed by atoms with Gasteiger partial charge in [0.25, 0.3) is 0 Å². The highest BCUT2D eigenvalue weighted by Gasteiger charge is 2.45. The van der Waals surface area contributed by atoms with Gasteiger partial charge in [0.15, 0.2) is 0 Å². The lowest BCUT2D eigenvalue weighted by Crippen LogP contribution is -2.57. The molecule has 2 nitrogen and oxygen atoms in total. The van der Waals surface area contributed by atoms with Crippen molar-refractivity contribution in [3.8, 4) is 0 Å². The molecule has 2 aliphatic carbocycles. The third-order valence-electron chi connectivity index (χ3n) is 6.01. The van der Waals surface area contributed by atoms with Crippen LogP contribution in [0, 0.1) is 11.8 Å². The highest BCUT2D eigenvalue weighted by molar-refractivity contribution is 5.00. The van der Waals surface area contributed by atoms with Crippen LogP contribution in [0.4, 0.5) is 0 Å². The number of rotatable bonds is 4. The molecule has 0 aromatic rings. The maximum Gasteiger partial charge on any atom is 0.0751 e. The van der Waals surface area contributed by atoms with Crippen LogP contribution in [0.1, 0.15) is 71.1 Å². The maximum atomic E-state index is 11.1. The molecule has 2 saturated carbocycles. The van der Waals surface area contributed by atoms with Crippen LogP contribution in [0.25, 0.3) is 0 Å². The van der Waals surface area contributed by atoms with Gasteiger partial charge in [-0.3, -0.25) is 0 Å². The zero-order valence-corrected chi connectivity index (χ0v) is 13.2. The quantitative estimate of drug-likeness (QED) is 0.837. The molecule has 0 amide bonds. The zero-order chi connectivity index (χ0) is 13.9. The third kappa shape index (κ3) is 3.16. The van der Waals surface area contributed by atoms with Gasteiger partial charge in [-0.15, -0.1) is 0 Å². The van der Waals surface area contributed by atoms with E-state index in [1.165, 1.54) is 64.2 Å². The van der Waals surface area contributed by atoms with Crippen molar-refractivity contribution in [1.82, 2.24) is 4.90 Å². The molecule has 0 saturated heterocycles. The summed E-state index contributed by atoms with van der Waals surface area (Å²) in [5, 5.41) is 11.1. The molecule has 3 atom stereocenters. The van der Waals surface area contributed by atoms with Crippen LogP contribution in [0.3, 0.4) is 0 Å². The van der Waals surface area contributed by atoms with Crippen LogP contribution >= 0.6 is 0 Å². The summed E-state index contributed by atoms with van der Waals surface area (Å²) in [7, 11) is 4.35. The molecule has 1 N–H and O–H groups in total. The first-order chi connectivity index (χ1) is 9.10. The summed E-state index contributed by atoms with van der Waals surface area (Å²) in [6, 6.07) is 0. The Morgan fingerprint density at radius 1 is 1.11 bits per heavy atom. The first-order valence-corrected chi connectivity index (χ1v) is 8.45. The lowest BCUT2D eigenvalue weighted by atomic mass is 9.67. The minimum absolute atomic E-state index is 0.0680. The summed E-state index contributed by atoms with van der Waals surface area (Å²) < 4.78 is 0. The Labute approximate surface area is 119 Å². The minimum Gasteiger partial charge on any atom is -0.391 e. The van der Waals surface area contributed by atoms with Crippen LogP contribution in [0.5, 0.6) is 0 Å². The lowest BCUT2D eigenvalue weighted by Gasteiger charge is -2.50. The Morgan fingerprint density at radius 3 is 2.37 bits per heavy atom. The molecule has 19 heavy (non-hydrogen) atoms. The fourth-order valence-corrected chi connectivity index (χ4v) is 4.60. The average molecular weight is 267 g/mol. The summed E-state index contributed by atoms with van der Waals surface area (Å²) in [5.74, 6) is 1.40. The molecule has 2 fully saturated rings. The van der Waals surface area contributed by atoms with Gasteiger partial charge in [0.2, 0.25) is 0 Å². The van der Waals surface area contributed by atoms with E-state index < -0.39 is 0 Å². The fraction of sp³-hybridized carbons (Fsp3) is 1.00. The SMILES string of the molecule is CCC1CCCC(C(O)C2(N(C)C)CCCCC2)C1. The second-order valence-electron chi connectivity index (χ2n) is 7.20. The molecule has 0 spiro atoms. The maximum absolute atomic E-state index is 11.1. The molecule has 0 heterocycles. The number of likely N-dealkylation sites (N-methyl/N-ethyl adjacent to an activating group) is 1. The third-order valence-corrected chi connectivity index (χ3v) is 6.01. The Morgan fingerprint density at radius 2 is 1.79 bits per heavy atom. The Kier molecular flexibility index (Phi) is 5.30. The Balaban J connectivity index is 2.08. The molecule has 0 aliphatic heterocycles. The first kappa shape index (κ1) is 15.3. The van der Waals surface area contributed by atoms with Crippen LogP contribution in [-0.2, 0) is 0 Å². The predicted octanol–water partition coefficient (Wildman–Crippen LogP) is 3.83. The zero-order valence-electron chi connectivity index (χ0n) is 13.2. The van der Waals surface area contributed by atoms with E-state index in [9.17, 15) is 5.11 Å². The summed E-state index contributed by atoms with van der Waals surface area (Å²) in [6.45, 7) is 2.31. The summed E-state index contributed by atoms with van der Waals surface area (Å²) in [6.07, 6.45) is 12.7. The Hall–Kier alpha value is -0.0800. The van der Waals surface area contributed by atoms with Crippen molar-refractivity contribution in [3.05, 3.63) is 0 Å². The summed E-state index contributed by atoms with van der Waals surface area (Å²) >= 11 is 0. The second-order valence-corrected chi connectivity index (χ2v) is 7.20. The van der Waals surface area contributed by atoms with Gasteiger partial charge >= 0.3 is 0 Å². The van der Waals surface area contributed by atoms with Crippen LogP contribution in [0.15, 0.2) is 0 Å². The van der Waals surface area contributed by atoms with Gasteiger partial charge < -0.3 is 10.0 Å². The van der Waals surface area contributed by atoms with Crippen LogP contribution in [-0.4, -0.2) is 35.7 Å². The lowest BCUT2D eigenvalue weighted by molar-refractivity contribution is -0.0741. The molecule has 3 unspecified atom stereocenters. The smallest absolute Gasteiger partial charge is 0.0751 e. The average Bonchev–Trinajstić information content (AvgIpc) is 2.47. The number of aliphatic hydroxyl groups excluding tert-OH is 1. The van der Waals surface area contributed by atoms with Crippen molar-refractivity contribution in [2.45, 2.75) is 82.8 Å². The first-order valence-electron chi connectivity index (χ1n) is 8.45. The van der Waals surface area contributed by atoms with Gasteiger partial charge in [-0.1, -0.05) is 45.4 Å². The van der Waals surface area contributed by atoms with Gasteiger partial charge in [-0.2, -0.15) is 0 Å². The molecule has 2 rings (SSSR count). The second kappa shape index (κ2) is 6.58. The molecular formula is C17H33NO. The van der Waals surface area contributed by atoms with Crippen molar-refractivity contribution in [2.75, 3.05) is 14.1 Å². The van der Waals surface area contributed by atoms with E-state index in [-0.39, 0.29) is 11.6 Å². The Bertz CT molecular complexity index is 270. The van der Waals surface area contributed by atoms with Gasteiger partial charge in [-0.05, 0) is 51.6 Å². The predicted molar refractivity (Wildman–Crippen MR) is 81.2 cm³/mol. The fourth-order valence-electron chi connectivity index (χ4n) is 4.60. The van der Waals surface area contributed by atoms with Crippen molar-refractivity contribution in [1.29, 1.82) is 0 Å². The molecule has 0 aromatic heterocycles. The largest absolute Gasteiger partial charge is 0.391 e. The number of hydrogen-bond donors (Lipinski definition) is 1. The minimum atomic E-state index is -0.114. The number of nitrogens with zero attached hydrogens (tertiary/aromatic N) is 1. The van der Waals surface area contributed by atoms with Gasteiger partial charge in [0, 0.05) is 5.54 Å². The van der Waals surface area contributed by atoms with Crippen molar-refractivity contribution in [2.24, 2.45) is 11.8 Å². The van der Waals surface area contributed by atoms with E-state index >= 15 is 0 Å².